The van der Waals surface area contributed by atoms with Crippen LogP contribution in [0.2, 0.25) is 0 Å². The van der Waals surface area contributed by atoms with Crippen molar-refractivity contribution in [2.75, 3.05) is 13.1 Å². The molecule has 0 bridgehead atoms. The van der Waals surface area contributed by atoms with Gasteiger partial charge in [-0.25, -0.2) is 0 Å². The number of ether oxygens (including phenoxy) is 1. The summed E-state index contributed by atoms with van der Waals surface area (Å²) in [7, 11) is 0. The fourth-order valence-corrected chi connectivity index (χ4v) is 3.36. The van der Waals surface area contributed by atoms with Crippen molar-refractivity contribution in [3.05, 3.63) is 29.8 Å². The van der Waals surface area contributed by atoms with Crippen LogP contribution in [0.5, 0.6) is 5.75 Å². The van der Waals surface area contributed by atoms with Gasteiger partial charge < -0.3 is 14.9 Å². The van der Waals surface area contributed by atoms with Crippen LogP contribution in [0.1, 0.15) is 44.6 Å². The molecule has 1 aliphatic heterocycles. The molecule has 2 atom stereocenters. The van der Waals surface area contributed by atoms with Crippen molar-refractivity contribution in [2.24, 2.45) is 0 Å². The van der Waals surface area contributed by atoms with Crippen LogP contribution in [0, 0.1) is 0 Å². The van der Waals surface area contributed by atoms with E-state index >= 15 is 0 Å². The van der Waals surface area contributed by atoms with E-state index in [1.54, 1.807) is 6.92 Å². The van der Waals surface area contributed by atoms with Gasteiger partial charge in [0.15, 0.2) is 0 Å². The Morgan fingerprint density at radius 1 is 1.23 bits per heavy atom. The SMILES string of the molecule is C[C@@]1(O)CCN(Cc2ccc(OC3CCCC3)cc2)C[C@H]1O. The summed E-state index contributed by atoms with van der Waals surface area (Å²) in [6.07, 6.45) is 5.24. The summed E-state index contributed by atoms with van der Waals surface area (Å²) in [4.78, 5) is 2.19. The molecule has 1 heterocycles. The third-order valence-corrected chi connectivity index (χ3v) is 5.02. The number of nitrogens with zero attached hydrogens (tertiary/aromatic N) is 1. The molecule has 2 N–H and O–H groups in total. The Kier molecular flexibility index (Phi) is 4.71. The first kappa shape index (κ1) is 15.8. The van der Waals surface area contributed by atoms with E-state index in [1.165, 1.54) is 31.2 Å². The third kappa shape index (κ3) is 3.80. The lowest BCUT2D eigenvalue weighted by molar-refractivity contribution is -0.108. The van der Waals surface area contributed by atoms with Gasteiger partial charge in [0.25, 0.3) is 0 Å². The second kappa shape index (κ2) is 6.57. The molecule has 4 heteroatoms. The van der Waals surface area contributed by atoms with E-state index in [0.717, 1.165) is 18.8 Å². The van der Waals surface area contributed by atoms with Gasteiger partial charge in [-0.3, -0.25) is 4.90 Å². The molecule has 1 saturated heterocycles. The van der Waals surface area contributed by atoms with Crippen LogP contribution < -0.4 is 4.74 Å². The molecule has 0 spiro atoms. The first-order valence-corrected chi connectivity index (χ1v) is 8.41. The minimum absolute atomic E-state index is 0.394. The Morgan fingerprint density at radius 2 is 1.91 bits per heavy atom. The molecule has 1 aromatic carbocycles. The maximum absolute atomic E-state index is 10.0. The van der Waals surface area contributed by atoms with E-state index in [4.69, 9.17) is 4.74 Å². The normalized spacial score (nSPS) is 30.6. The van der Waals surface area contributed by atoms with Crippen molar-refractivity contribution >= 4 is 0 Å². The summed E-state index contributed by atoms with van der Waals surface area (Å²) in [6.45, 7) is 3.85. The molecule has 3 rings (SSSR count). The van der Waals surface area contributed by atoms with E-state index in [2.05, 4.69) is 17.0 Å². The first-order chi connectivity index (χ1) is 10.5. The fourth-order valence-electron chi connectivity index (χ4n) is 3.36. The average molecular weight is 305 g/mol. The molecule has 0 unspecified atom stereocenters. The Balaban J connectivity index is 1.52. The van der Waals surface area contributed by atoms with Gasteiger partial charge in [0.05, 0.1) is 17.8 Å². The van der Waals surface area contributed by atoms with E-state index in [0.29, 0.717) is 19.1 Å². The summed E-state index contributed by atoms with van der Waals surface area (Å²) in [5, 5.41) is 20.0. The van der Waals surface area contributed by atoms with Gasteiger partial charge in [0.1, 0.15) is 5.75 Å². The van der Waals surface area contributed by atoms with Crippen molar-refractivity contribution in [3.8, 4) is 5.75 Å². The van der Waals surface area contributed by atoms with Gasteiger partial charge in [-0.15, -0.1) is 0 Å². The number of rotatable bonds is 4. The molecule has 1 aromatic rings. The molecule has 4 nitrogen and oxygen atoms in total. The van der Waals surface area contributed by atoms with Crippen LogP contribution in [0.25, 0.3) is 0 Å². The monoisotopic (exact) mass is 305 g/mol. The molecule has 122 valence electrons. The first-order valence-electron chi connectivity index (χ1n) is 8.41. The smallest absolute Gasteiger partial charge is 0.119 e. The number of piperidine rings is 1. The number of aliphatic hydroxyl groups excluding tert-OH is 1. The molecule has 22 heavy (non-hydrogen) atoms. The van der Waals surface area contributed by atoms with Crippen molar-refractivity contribution in [1.82, 2.24) is 4.90 Å². The number of aliphatic hydroxyl groups is 2. The van der Waals surface area contributed by atoms with Crippen LogP contribution in [-0.4, -0.2) is 46.0 Å². The Labute approximate surface area is 132 Å². The highest BCUT2D eigenvalue weighted by atomic mass is 16.5. The summed E-state index contributed by atoms with van der Waals surface area (Å²) >= 11 is 0. The van der Waals surface area contributed by atoms with Crippen molar-refractivity contribution in [2.45, 2.75) is 63.4 Å². The van der Waals surface area contributed by atoms with Gasteiger partial charge >= 0.3 is 0 Å². The largest absolute Gasteiger partial charge is 0.490 e. The predicted molar refractivity (Wildman–Crippen MR) is 85.9 cm³/mol. The van der Waals surface area contributed by atoms with E-state index in [1.807, 2.05) is 12.1 Å². The number of hydrogen-bond acceptors (Lipinski definition) is 4. The molecule has 1 aliphatic carbocycles. The molecule has 0 amide bonds. The minimum Gasteiger partial charge on any atom is -0.490 e. The van der Waals surface area contributed by atoms with Crippen LogP contribution in [0.3, 0.4) is 0 Å². The maximum atomic E-state index is 10.0. The number of benzene rings is 1. The highest BCUT2D eigenvalue weighted by Gasteiger charge is 2.36. The molecular formula is C18H27NO3. The van der Waals surface area contributed by atoms with Crippen LogP contribution in [0.15, 0.2) is 24.3 Å². The predicted octanol–water partition coefficient (Wildman–Crippen LogP) is 2.33. The van der Waals surface area contributed by atoms with Crippen LogP contribution >= 0.6 is 0 Å². The second-order valence-corrected chi connectivity index (χ2v) is 7.03. The number of hydrogen-bond donors (Lipinski definition) is 2. The minimum atomic E-state index is -0.949. The zero-order chi connectivity index (χ0) is 15.6. The third-order valence-electron chi connectivity index (χ3n) is 5.02. The van der Waals surface area contributed by atoms with Crippen LogP contribution in [0.4, 0.5) is 0 Å². The Hall–Kier alpha value is -1.10. The summed E-state index contributed by atoms with van der Waals surface area (Å²) in [5.74, 6) is 0.956. The maximum Gasteiger partial charge on any atom is 0.119 e. The van der Waals surface area contributed by atoms with Crippen LogP contribution in [-0.2, 0) is 6.54 Å². The van der Waals surface area contributed by atoms with Crippen molar-refractivity contribution in [3.63, 3.8) is 0 Å². The molecular weight excluding hydrogens is 278 g/mol. The Bertz CT molecular complexity index is 480. The van der Waals surface area contributed by atoms with Gasteiger partial charge in [-0.2, -0.15) is 0 Å². The van der Waals surface area contributed by atoms with Gasteiger partial charge in [-0.1, -0.05) is 12.1 Å². The number of likely N-dealkylation sites (tertiary alicyclic amines) is 1. The summed E-state index contributed by atoms with van der Waals surface area (Å²) < 4.78 is 5.98. The molecule has 0 radical (unpaired) electrons. The summed E-state index contributed by atoms with van der Waals surface area (Å²) in [6, 6.07) is 8.29. The average Bonchev–Trinajstić information content (AvgIpc) is 2.98. The van der Waals surface area contributed by atoms with Gasteiger partial charge in [0, 0.05) is 19.6 Å². The van der Waals surface area contributed by atoms with Crippen molar-refractivity contribution < 1.29 is 14.9 Å². The lowest BCUT2D eigenvalue weighted by Crippen LogP contribution is -2.53. The topological polar surface area (TPSA) is 52.9 Å². The van der Waals surface area contributed by atoms with E-state index < -0.39 is 11.7 Å². The fraction of sp³-hybridized carbons (Fsp3) is 0.667. The lowest BCUT2D eigenvalue weighted by Gasteiger charge is -2.39. The second-order valence-electron chi connectivity index (χ2n) is 7.03. The Morgan fingerprint density at radius 3 is 2.55 bits per heavy atom. The highest BCUT2D eigenvalue weighted by molar-refractivity contribution is 5.27. The quantitative estimate of drug-likeness (QED) is 0.896. The standard InChI is InChI=1S/C18H27NO3/c1-18(21)10-11-19(13-17(18)20)12-14-6-8-16(9-7-14)22-15-4-2-3-5-15/h6-9,15,17,20-21H,2-5,10-13H2,1H3/t17-,18-/m1/s1. The molecule has 2 aliphatic rings. The van der Waals surface area contributed by atoms with Gasteiger partial charge in [-0.05, 0) is 56.7 Å². The summed E-state index contributed by atoms with van der Waals surface area (Å²) in [5.41, 5.74) is 0.266. The van der Waals surface area contributed by atoms with Gasteiger partial charge in [0.2, 0.25) is 0 Å². The van der Waals surface area contributed by atoms with Crippen molar-refractivity contribution in [1.29, 1.82) is 0 Å². The van der Waals surface area contributed by atoms with E-state index in [9.17, 15) is 10.2 Å². The van der Waals surface area contributed by atoms with E-state index in [-0.39, 0.29) is 0 Å². The number of β-amino-alcohol motifs (C(OH)–C–C–N with tert-alkyl or cyclic N) is 1. The lowest BCUT2D eigenvalue weighted by atomic mass is 9.90. The molecule has 2 fully saturated rings. The molecule has 1 saturated carbocycles. The highest BCUT2D eigenvalue weighted by Crippen LogP contribution is 2.26. The zero-order valence-electron chi connectivity index (χ0n) is 13.4. The zero-order valence-corrected chi connectivity index (χ0v) is 13.4. The molecule has 0 aromatic heterocycles.